The van der Waals surface area contributed by atoms with Crippen LogP contribution in [0.15, 0.2) is 0 Å². The van der Waals surface area contributed by atoms with E-state index in [-0.39, 0.29) is 25.0 Å². The Bertz CT molecular complexity index is 305. The molecule has 2 aliphatic rings. The second-order valence-electron chi connectivity index (χ2n) is 6.13. The molecule has 0 aromatic rings. The van der Waals surface area contributed by atoms with Gasteiger partial charge in [-0.05, 0) is 25.8 Å². The van der Waals surface area contributed by atoms with E-state index in [0.717, 1.165) is 19.5 Å². The molecule has 2 N–H and O–H groups in total. The maximum atomic E-state index is 12.1. The standard InChI is InChI=1S/C15H28N2O3/c1-20-11-14(18)9-16-15(19)12-7-8-17(10-12)13-5-3-2-4-6-13/h12-14,18H,2-11H2,1H3,(H,16,19). The van der Waals surface area contributed by atoms with E-state index in [9.17, 15) is 9.90 Å². The van der Waals surface area contributed by atoms with E-state index in [1.165, 1.54) is 32.1 Å². The van der Waals surface area contributed by atoms with Crippen LogP contribution in [0.4, 0.5) is 0 Å². The summed E-state index contributed by atoms with van der Waals surface area (Å²) in [4.78, 5) is 14.6. The van der Waals surface area contributed by atoms with Crippen molar-refractivity contribution in [2.45, 2.75) is 50.7 Å². The predicted molar refractivity (Wildman–Crippen MR) is 77.4 cm³/mol. The van der Waals surface area contributed by atoms with Gasteiger partial charge in [-0.15, -0.1) is 0 Å². The van der Waals surface area contributed by atoms with E-state index in [1.807, 2.05) is 0 Å². The van der Waals surface area contributed by atoms with Crippen LogP contribution in [0.3, 0.4) is 0 Å². The fraction of sp³-hybridized carbons (Fsp3) is 0.933. The molecule has 0 aromatic heterocycles. The molecule has 0 spiro atoms. The van der Waals surface area contributed by atoms with Crippen LogP contribution in [0.25, 0.3) is 0 Å². The van der Waals surface area contributed by atoms with E-state index < -0.39 is 6.10 Å². The summed E-state index contributed by atoms with van der Waals surface area (Å²) in [6.45, 7) is 2.48. The molecule has 116 valence electrons. The molecule has 0 aromatic carbocycles. The van der Waals surface area contributed by atoms with Gasteiger partial charge < -0.3 is 15.2 Å². The molecule has 1 aliphatic carbocycles. The Labute approximate surface area is 121 Å². The van der Waals surface area contributed by atoms with Crippen LogP contribution < -0.4 is 5.32 Å². The van der Waals surface area contributed by atoms with Gasteiger partial charge in [-0.2, -0.15) is 0 Å². The van der Waals surface area contributed by atoms with Crippen LogP contribution in [-0.2, 0) is 9.53 Å². The molecule has 0 bridgehead atoms. The highest BCUT2D eigenvalue weighted by Crippen LogP contribution is 2.27. The van der Waals surface area contributed by atoms with Gasteiger partial charge in [-0.3, -0.25) is 9.69 Å². The first-order valence-electron chi connectivity index (χ1n) is 7.89. The zero-order chi connectivity index (χ0) is 14.4. The second kappa shape index (κ2) is 7.96. The Balaban J connectivity index is 1.70. The van der Waals surface area contributed by atoms with Gasteiger partial charge in [0, 0.05) is 26.2 Å². The summed E-state index contributed by atoms with van der Waals surface area (Å²) >= 11 is 0. The fourth-order valence-corrected chi connectivity index (χ4v) is 3.39. The number of hydrogen-bond donors (Lipinski definition) is 2. The van der Waals surface area contributed by atoms with Crippen molar-refractivity contribution >= 4 is 5.91 Å². The molecule has 2 fully saturated rings. The summed E-state index contributed by atoms with van der Waals surface area (Å²) < 4.78 is 4.85. The zero-order valence-electron chi connectivity index (χ0n) is 12.5. The van der Waals surface area contributed by atoms with Crippen LogP contribution in [0, 0.1) is 5.92 Å². The maximum Gasteiger partial charge on any atom is 0.224 e. The molecule has 20 heavy (non-hydrogen) atoms. The average Bonchev–Trinajstić information content (AvgIpc) is 2.96. The monoisotopic (exact) mass is 284 g/mol. The van der Waals surface area contributed by atoms with Crippen molar-refractivity contribution in [1.29, 1.82) is 0 Å². The first-order valence-corrected chi connectivity index (χ1v) is 7.89. The highest BCUT2D eigenvalue weighted by Gasteiger charge is 2.32. The van der Waals surface area contributed by atoms with Gasteiger partial charge in [0.2, 0.25) is 5.91 Å². The van der Waals surface area contributed by atoms with Gasteiger partial charge in [-0.25, -0.2) is 0 Å². The lowest BCUT2D eigenvalue weighted by Gasteiger charge is -2.30. The molecule has 1 saturated carbocycles. The lowest BCUT2D eigenvalue weighted by molar-refractivity contribution is -0.125. The van der Waals surface area contributed by atoms with Crippen molar-refractivity contribution in [3.63, 3.8) is 0 Å². The number of rotatable bonds is 6. The minimum Gasteiger partial charge on any atom is -0.389 e. The van der Waals surface area contributed by atoms with Crippen molar-refractivity contribution in [1.82, 2.24) is 10.2 Å². The molecule has 1 amide bonds. The Morgan fingerprint density at radius 3 is 2.80 bits per heavy atom. The number of carbonyl (C=O) groups excluding carboxylic acids is 1. The van der Waals surface area contributed by atoms with Crippen molar-refractivity contribution in [3.8, 4) is 0 Å². The van der Waals surface area contributed by atoms with E-state index in [0.29, 0.717) is 6.04 Å². The quantitative estimate of drug-likeness (QED) is 0.756. The van der Waals surface area contributed by atoms with Crippen LogP contribution in [0.2, 0.25) is 0 Å². The molecule has 2 atom stereocenters. The third-order valence-corrected chi connectivity index (χ3v) is 4.55. The number of hydrogen-bond acceptors (Lipinski definition) is 4. The summed E-state index contributed by atoms with van der Waals surface area (Å²) in [5.41, 5.74) is 0. The molecule has 0 radical (unpaired) electrons. The van der Waals surface area contributed by atoms with E-state index in [4.69, 9.17) is 4.74 Å². The number of nitrogens with one attached hydrogen (secondary N) is 1. The third-order valence-electron chi connectivity index (χ3n) is 4.55. The molecule has 1 aliphatic heterocycles. The van der Waals surface area contributed by atoms with Crippen molar-refractivity contribution in [2.75, 3.05) is 33.4 Å². The molecule has 1 saturated heterocycles. The Morgan fingerprint density at radius 1 is 1.35 bits per heavy atom. The van der Waals surface area contributed by atoms with Gasteiger partial charge in [0.25, 0.3) is 0 Å². The first-order chi connectivity index (χ1) is 9.70. The maximum absolute atomic E-state index is 12.1. The highest BCUT2D eigenvalue weighted by atomic mass is 16.5. The third kappa shape index (κ3) is 4.43. The van der Waals surface area contributed by atoms with Gasteiger partial charge in [-0.1, -0.05) is 19.3 Å². The Hall–Kier alpha value is -0.650. The number of amides is 1. The smallest absolute Gasteiger partial charge is 0.224 e. The van der Waals surface area contributed by atoms with E-state index in [1.54, 1.807) is 7.11 Å². The van der Waals surface area contributed by atoms with Gasteiger partial charge in [0.1, 0.15) is 0 Å². The minimum atomic E-state index is -0.611. The number of ether oxygens (including phenoxy) is 1. The number of methoxy groups -OCH3 is 1. The summed E-state index contributed by atoms with van der Waals surface area (Å²) in [6, 6.07) is 0.695. The number of carbonyl (C=O) groups is 1. The second-order valence-corrected chi connectivity index (χ2v) is 6.13. The first kappa shape index (κ1) is 15.7. The lowest BCUT2D eigenvalue weighted by Crippen LogP contribution is -2.40. The molecule has 5 nitrogen and oxygen atoms in total. The minimum absolute atomic E-state index is 0.0819. The Morgan fingerprint density at radius 2 is 2.10 bits per heavy atom. The molecular weight excluding hydrogens is 256 g/mol. The molecule has 2 unspecified atom stereocenters. The predicted octanol–water partition coefficient (Wildman–Crippen LogP) is 0.764. The topological polar surface area (TPSA) is 61.8 Å². The Kier molecular flexibility index (Phi) is 6.26. The van der Waals surface area contributed by atoms with Crippen LogP contribution in [0.5, 0.6) is 0 Å². The van der Waals surface area contributed by atoms with E-state index in [2.05, 4.69) is 10.2 Å². The van der Waals surface area contributed by atoms with Gasteiger partial charge in [0.05, 0.1) is 18.6 Å². The highest BCUT2D eigenvalue weighted by molar-refractivity contribution is 5.79. The zero-order valence-corrected chi connectivity index (χ0v) is 12.5. The van der Waals surface area contributed by atoms with Crippen LogP contribution in [0.1, 0.15) is 38.5 Å². The number of aliphatic hydroxyl groups excluding tert-OH is 1. The molecule has 2 rings (SSSR count). The largest absolute Gasteiger partial charge is 0.389 e. The SMILES string of the molecule is COCC(O)CNC(=O)C1CCN(C2CCCCC2)C1. The number of aliphatic hydroxyl groups is 1. The van der Waals surface area contributed by atoms with Crippen LogP contribution in [-0.4, -0.2) is 61.4 Å². The van der Waals surface area contributed by atoms with Crippen LogP contribution >= 0.6 is 0 Å². The van der Waals surface area contributed by atoms with Crippen molar-refractivity contribution in [2.24, 2.45) is 5.92 Å². The summed E-state index contributed by atoms with van der Waals surface area (Å²) in [7, 11) is 1.55. The van der Waals surface area contributed by atoms with Crippen molar-refractivity contribution < 1.29 is 14.6 Å². The lowest BCUT2D eigenvalue weighted by atomic mass is 9.94. The number of nitrogens with zero attached hydrogens (tertiary/aromatic N) is 1. The number of likely N-dealkylation sites (tertiary alicyclic amines) is 1. The van der Waals surface area contributed by atoms with Crippen molar-refractivity contribution in [3.05, 3.63) is 0 Å². The molecule has 1 heterocycles. The normalized spacial score (nSPS) is 26.6. The molecule has 5 heteroatoms. The average molecular weight is 284 g/mol. The fourth-order valence-electron chi connectivity index (χ4n) is 3.39. The van der Waals surface area contributed by atoms with Gasteiger partial charge in [0.15, 0.2) is 0 Å². The summed E-state index contributed by atoms with van der Waals surface area (Å²) in [5, 5.41) is 12.4. The molecular formula is C15H28N2O3. The van der Waals surface area contributed by atoms with Gasteiger partial charge >= 0.3 is 0 Å². The summed E-state index contributed by atoms with van der Waals surface area (Å²) in [6.07, 6.45) is 6.96. The van der Waals surface area contributed by atoms with E-state index >= 15 is 0 Å². The summed E-state index contributed by atoms with van der Waals surface area (Å²) in [5.74, 6) is 0.171.